The predicted molar refractivity (Wildman–Crippen MR) is 58.6 cm³/mol. The molecule has 0 heterocycles. The van der Waals surface area contributed by atoms with Crippen molar-refractivity contribution in [3.05, 3.63) is 0 Å². The van der Waals surface area contributed by atoms with Crippen LogP contribution in [-0.2, 0) is 0 Å². The lowest BCUT2D eigenvalue weighted by molar-refractivity contribution is 0.145. The molecule has 1 saturated carbocycles. The second-order valence-electron chi connectivity index (χ2n) is 6.38. The van der Waals surface area contributed by atoms with E-state index in [1.165, 1.54) is 19.3 Å². The molecule has 0 saturated heterocycles. The summed E-state index contributed by atoms with van der Waals surface area (Å²) in [5, 5.41) is 0. The van der Waals surface area contributed by atoms with Crippen molar-refractivity contribution in [1.82, 2.24) is 0 Å². The van der Waals surface area contributed by atoms with Crippen LogP contribution in [0.5, 0.6) is 0 Å². The zero-order valence-electron chi connectivity index (χ0n) is 9.85. The summed E-state index contributed by atoms with van der Waals surface area (Å²) in [6, 6.07) is 0.352. The normalized spacial score (nSPS) is 30.5. The van der Waals surface area contributed by atoms with Crippen molar-refractivity contribution in [1.29, 1.82) is 0 Å². The molecule has 1 aliphatic carbocycles. The molecule has 0 radical (unpaired) electrons. The van der Waals surface area contributed by atoms with E-state index in [-0.39, 0.29) is 5.41 Å². The minimum absolute atomic E-state index is 0.256. The molecule has 0 spiro atoms. The molecule has 0 bridgehead atoms. The highest BCUT2D eigenvalue weighted by molar-refractivity contribution is 4.95. The van der Waals surface area contributed by atoms with Gasteiger partial charge in [-0.3, -0.25) is 0 Å². The van der Waals surface area contributed by atoms with Crippen LogP contribution in [-0.4, -0.2) is 6.04 Å². The summed E-state index contributed by atoms with van der Waals surface area (Å²) < 4.78 is 0. The van der Waals surface area contributed by atoms with Gasteiger partial charge in [0.1, 0.15) is 0 Å². The monoisotopic (exact) mass is 183 g/mol. The van der Waals surface area contributed by atoms with Crippen molar-refractivity contribution < 1.29 is 0 Å². The van der Waals surface area contributed by atoms with E-state index in [9.17, 15) is 0 Å². The lowest BCUT2D eigenvalue weighted by atomic mass is 9.70. The van der Waals surface area contributed by atoms with E-state index in [0.29, 0.717) is 17.4 Å². The zero-order chi connectivity index (χ0) is 10.3. The van der Waals surface area contributed by atoms with Gasteiger partial charge < -0.3 is 5.73 Å². The van der Waals surface area contributed by atoms with Gasteiger partial charge >= 0.3 is 0 Å². The highest BCUT2D eigenvalue weighted by atomic mass is 14.7. The Labute approximate surface area is 83.1 Å². The van der Waals surface area contributed by atoms with Crippen LogP contribution in [0.25, 0.3) is 0 Å². The van der Waals surface area contributed by atoms with Crippen LogP contribution in [0.4, 0.5) is 0 Å². The van der Waals surface area contributed by atoms with Gasteiger partial charge in [0.25, 0.3) is 0 Å². The molecule has 13 heavy (non-hydrogen) atoms. The quantitative estimate of drug-likeness (QED) is 0.664. The molecule has 78 valence electrons. The van der Waals surface area contributed by atoms with Crippen LogP contribution in [0, 0.1) is 16.7 Å². The summed E-state index contributed by atoms with van der Waals surface area (Å²) in [6.07, 6.45) is 4.04. The molecule has 1 nitrogen and oxygen atoms in total. The van der Waals surface area contributed by atoms with Gasteiger partial charge in [-0.15, -0.1) is 0 Å². The van der Waals surface area contributed by atoms with E-state index in [1.54, 1.807) is 0 Å². The average molecular weight is 183 g/mol. The van der Waals surface area contributed by atoms with Gasteiger partial charge in [-0.2, -0.15) is 0 Å². The van der Waals surface area contributed by atoms with Crippen LogP contribution >= 0.6 is 0 Å². The lowest BCUT2D eigenvalue weighted by Crippen LogP contribution is -2.45. The van der Waals surface area contributed by atoms with E-state index in [2.05, 4.69) is 34.6 Å². The van der Waals surface area contributed by atoms with E-state index in [1.807, 2.05) is 0 Å². The second kappa shape index (κ2) is 3.27. The highest BCUT2D eigenvalue weighted by Crippen LogP contribution is 2.46. The standard InChI is InChI=1S/C12H25N/c1-11(2,3)10(13)9-7-6-8-12(9,4)5/h9-10H,6-8,13H2,1-5H3. The van der Waals surface area contributed by atoms with Crippen LogP contribution in [0.1, 0.15) is 53.9 Å². The van der Waals surface area contributed by atoms with Crippen LogP contribution < -0.4 is 5.73 Å². The Morgan fingerprint density at radius 3 is 2.15 bits per heavy atom. The largest absolute Gasteiger partial charge is 0.327 e. The summed E-state index contributed by atoms with van der Waals surface area (Å²) in [6.45, 7) is 11.5. The van der Waals surface area contributed by atoms with Crippen molar-refractivity contribution in [2.24, 2.45) is 22.5 Å². The van der Waals surface area contributed by atoms with Gasteiger partial charge in [-0.1, -0.05) is 41.0 Å². The molecule has 2 N–H and O–H groups in total. The Morgan fingerprint density at radius 1 is 1.31 bits per heavy atom. The number of nitrogens with two attached hydrogens (primary N) is 1. The summed E-state index contributed by atoms with van der Waals surface area (Å²) in [5.41, 5.74) is 7.05. The summed E-state index contributed by atoms with van der Waals surface area (Å²) in [5.74, 6) is 0.715. The van der Waals surface area contributed by atoms with Crippen molar-refractivity contribution in [2.45, 2.75) is 59.9 Å². The Morgan fingerprint density at radius 2 is 1.85 bits per heavy atom. The smallest absolute Gasteiger partial charge is 0.0121 e. The Balaban J connectivity index is 2.72. The fourth-order valence-electron chi connectivity index (χ4n) is 2.62. The maximum absolute atomic E-state index is 6.33. The minimum Gasteiger partial charge on any atom is -0.327 e. The number of rotatable bonds is 1. The molecule has 0 amide bonds. The molecular weight excluding hydrogens is 158 g/mol. The van der Waals surface area contributed by atoms with Gasteiger partial charge in [-0.05, 0) is 29.6 Å². The van der Waals surface area contributed by atoms with Gasteiger partial charge in [-0.25, -0.2) is 0 Å². The first-order valence-corrected chi connectivity index (χ1v) is 5.51. The second-order valence-corrected chi connectivity index (χ2v) is 6.38. The molecule has 0 aromatic carbocycles. The SMILES string of the molecule is CC(C)(C)C(N)C1CCCC1(C)C. The van der Waals surface area contributed by atoms with E-state index in [4.69, 9.17) is 5.73 Å². The first kappa shape index (κ1) is 11.0. The van der Waals surface area contributed by atoms with Gasteiger partial charge in [0.2, 0.25) is 0 Å². The van der Waals surface area contributed by atoms with Gasteiger partial charge in [0, 0.05) is 6.04 Å². The molecule has 2 atom stereocenters. The lowest BCUT2D eigenvalue weighted by Gasteiger charge is -2.39. The Kier molecular flexibility index (Phi) is 2.78. The molecule has 1 rings (SSSR count). The van der Waals surface area contributed by atoms with Gasteiger partial charge in [0.05, 0.1) is 0 Å². The summed E-state index contributed by atoms with van der Waals surface area (Å²) in [7, 11) is 0. The molecule has 1 aliphatic rings. The van der Waals surface area contributed by atoms with Gasteiger partial charge in [0.15, 0.2) is 0 Å². The molecule has 1 heteroatoms. The van der Waals surface area contributed by atoms with E-state index in [0.717, 1.165) is 0 Å². The summed E-state index contributed by atoms with van der Waals surface area (Å²) >= 11 is 0. The molecule has 2 unspecified atom stereocenters. The Bertz CT molecular complexity index is 176. The van der Waals surface area contributed by atoms with E-state index >= 15 is 0 Å². The third-order valence-corrected chi connectivity index (χ3v) is 3.77. The first-order chi connectivity index (χ1) is 5.75. The Hall–Kier alpha value is -0.0400. The average Bonchev–Trinajstić information content (AvgIpc) is 2.26. The third-order valence-electron chi connectivity index (χ3n) is 3.77. The predicted octanol–water partition coefficient (Wildman–Crippen LogP) is 3.19. The van der Waals surface area contributed by atoms with Crippen LogP contribution in [0.3, 0.4) is 0 Å². The summed E-state index contributed by atoms with van der Waals surface area (Å²) in [4.78, 5) is 0. The zero-order valence-corrected chi connectivity index (χ0v) is 9.85. The topological polar surface area (TPSA) is 26.0 Å². The van der Waals surface area contributed by atoms with Crippen LogP contribution in [0.2, 0.25) is 0 Å². The van der Waals surface area contributed by atoms with Crippen LogP contribution in [0.15, 0.2) is 0 Å². The molecule has 0 aromatic rings. The molecular formula is C12H25N. The minimum atomic E-state index is 0.256. The molecule has 0 aromatic heterocycles. The van der Waals surface area contributed by atoms with Crippen molar-refractivity contribution in [3.8, 4) is 0 Å². The fourth-order valence-corrected chi connectivity index (χ4v) is 2.62. The number of hydrogen-bond donors (Lipinski definition) is 1. The third kappa shape index (κ3) is 2.25. The highest BCUT2D eigenvalue weighted by Gasteiger charge is 2.41. The van der Waals surface area contributed by atoms with E-state index < -0.39 is 0 Å². The van der Waals surface area contributed by atoms with Crippen molar-refractivity contribution in [3.63, 3.8) is 0 Å². The number of hydrogen-bond acceptors (Lipinski definition) is 1. The van der Waals surface area contributed by atoms with Crippen molar-refractivity contribution in [2.75, 3.05) is 0 Å². The first-order valence-electron chi connectivity index (χ1n) is 5.51. The fraction of sp³-hybridized carbons (Fsp3) is 1.00. The van der Waals surface area contributed by atoms with Crippen molar-refractivity contribution >= 4 is 0 Å². The molecule has 1 fully saturated rings. The maximum atomic E-state index is 6.33. The maximum Gasteiger partial charge on any atom is 0.0121 e. The molecule has 0 aliphatic heterocycles.